The third-order valence-corrected chi connectivity index (χ3v) is 3.39. The van der Waals surface area contributed by atoms with Gasteiger partial charge in [-0.15, -0.1) is 0 Å². The van der Waals surface area contributed by atoms with Crippen molar-refractivity contribution >= 4 is 23.8 Å². The maximum atomic E-state index is 12.6. The third-order valence-electron chi connectivity index (χ3n) is 2.94. The molecule has 0 aliphatic heterocycles. The zero-order valence-corrected chi connectivity index (χ0v) is 12.8. The molecule has 1 aromatic carbocycles. The van der Waals surface area contributed by atoms with Crippen molar-refractivity contribution in [3.05, 3.63) is 51.8 Å². The number of nitrogens with zero attached hydrogens (tertiary/aromatic N) is 3. The highest BCUT2D eigenvalue weighted by atomic mass is 35.5. The Labute approximate surface area is 134 Å². The van der Waals surface area contributed by atoms with Gasteiger partial charge in [-0.05, 0) is 25.1 Å². The van der Waals surface area contributed by atoms with Crippen molar-refractivity contribution < 1.29 is 22.8 Å². The van der Waals surface area contributed by atoms with Crippen molar-refractivity contribution in [1.82, 2.24) is 9.78 Å². The first-order valence-corrected chi connectivity index (χ1v) is 6.69. The Morgan fingerprint density at radius 2 is 2.13 bits per heavy atom. The van der Waals surface area contributed by atoms with Crippen LogP contribution in [0.4, 0.5) is 13.2 Å². The summed E-state index contributed by atoms with van der Waals surface area (Å²) in [4.78, 5) is 16.3. The first-order valence-electron chi connectivity index (χ1n) is 6.31. The minimum absolute atomic E-state index is 0.258. The number of benzene rings is 1. The van der Waals surface area contributed by atoms with Gasteiger partial charge < -0.3 is 4.84 Å². The number of carbonyl (C=O) groups is 1. The SMILES string of the molecule is Cc1nn(C)c(Cl)c1/C=N/OC(=O)c1cccc(C(F)(F)F)c1. The fraction of sp³-hybridized carbons (Fsp3) is 0.214. The van der Waals surface area contributed by atoms with Crippen molar-refractivity contribution in [2.75, 3.05) is 0 Å². The molecule has 0 saturated heterocycles. The minimum Gasteiger partial charge on any atom is -0.313 e. The Balaban J connectivity index is 2.12. The molecule has 0 amide bonds. The van der Waals surface area contributed by atoms with Crippen LogP contribution in [-0.2, 0) is 18.1 Å². The van der Waals surface area contributed by atoms with E-state index in [1.807, 2.05) is 0 Å². The fourth-order valence-corrected chi connectivity index (χ4v) is 2.02. The topological polar surface area (TPSA) is 56.5 Å². The second-order valence-corrected chi connectivity index (χ2v) is 4.96. The van der Waals surface area contributed by atoms with Gasteiger partial charge in [0.1, 0.15) is 5.15 Å². The average Bonchev–Trinajstić information content (AvgIpc) is 2.72. The van der Waals surface area contributed by atoms with Gasteiger partial charge in [0.15, 0.2) is 0 Å². The van der Waals surface area contributed by atoms with E-state index in [0.29, 0.717) is 22.5 Å². The second-order valence-electron chi connectivity index (χ2n) is 4.61. The van der Waals surface area contributed by atoms with Crippen molar-refractivity contribution in [3.8, 4) is 0 Å². The molecular weight excluding hydrogens is 335 g/mol. The molecule has 0 unspecified atom stereocenters. The zero-order valence-electron chi connectivity index (χ0n) is 12.1. The summed E-state index contributed by atoms with van der Waals surface area (Å²) in [7, 11) is 1.63. The van der Waals surface area contributed by atoms with Gasteiger partial charge >= 0.3 is 12.1 Å². The number of aryl methyl sites for hydroxylation is 2. The van der Waals surface area contributed by atoms with Gasteiger partial charge in [0.05, 0.1) is 28.6 Å². The number of oxime groups is 1. The molecule has 2 rings (SSSR count). The molecule has 9 heteroatoms. The highest BCUT2D eigenvalue weighted by Gasteiger charge is 2.31. The molecule has 0 aliphatic carbocycles. The lowest BCUT2D eigenvalue weighted by atomic mass is 10.1. The lowest BCUT2D eigenvalue weighted by molar-refractivity contribution is -0.137. The van der Waals surface area contributed by atoms with Crippen LogP contribution in [-0.4, -0.2) is 22.0 Å². The summed E-state index contributed by atoms with van der Waals surface area (Å²) in [6.07, 6.45) is -3.37. The van der Waals surface area contributed by atoms with E-state index in [4.69, 9.17) is 11.6 Å². The van der Waals surface area contributed by atoms with Crippen LogP contribution < -0.4 is 0 Å². The number of halogens is 4. The number of carbonyl (C=O) groups excluding carboxylic acids is 1. The van der Waals surface area contributed by atoms with Gasteiger partial charge in [0, 0.05) is 7.05 Å². The Morgan fingerprint density at radius 1 is 1.43 bits per heavy atom. The maximum Gasteiger partial charge on any atom is 0.416 e. The number of hydrogen-bond donors (Lipinski definition) is 0. The molecule has 0 spiro atoms. The molecule has 1 heterocycles. The molecule has 0 bridgehead atoms. The smallest absolute Gasteiger partial charge is 0.313 e. The van der Waals surface area contributed by atoms with E-state index in [0.717, 1.165) is 12.1 Å². The van der Waals surface area contributed by atoms with Gasteiger partial charge in [0.25, 0.3) is 0 Å². The van der Waals surface area contributed by atoms with Crippen LogP contribution in [0.3, 0.4) is 0 Å². The first kappa shape index (κ1) is 17.0. The predicted octanol–water partition coefficient (Wildman–Crippen LogP) is 3.59. The summed E-state index contributed by atoms with van der Waals surface area (Å²) in [6.45, 7) is 1.68. The van der Waals surface area contributed by atoms with Crippen molar-refractivity contribution in [2.45, 2.75) is 13.1 Å². The molecule has 0 aliphatic rings. The standard InChI is InChI=1S/C14H11ClF3N3O2/c1-8-11(12(15)21(2)20-8)7-19-23-13(22)9-4-3-5-10(6-9)14(16,17)18/h3-7H,1-2H3/b19-7+. The van der Waals surface area contributed by atoms with E-state index in [1.165, 1.54) is 17.0 Å². The van der Waals surface area contributed by atoms with Crippen LogP contribution in [0.5, 0.6) is 0 Å². The van der Waals surface area contributed by atoms with Crippen LogP contribution >= 0.6 is 11.6 Å². The largest absolute Gasteiger partial charge is 0.416 e. The molecule has 1 aromatic heterocycles. The lowest BCUT2D eigenvalue weighted by Crippen LogP contribution is -2.08. The first-order chi connectivity index (χ1) is 10.7. The number of hydrogen-bond acceptors (Lipinski definition) is 4. The van der Waals surface area contributed by atoms with E-state index in [2.05, 4.69) is 15.1 Å². The monoisotopic (exact) mass is 345 g/mol. The second kappa shape index (κ2) is 6.41. The third kappa shape index (κ3) is 3.89. The Morgan fingerprint density at radius 3 is 2.70 bits per heavy atom. The molecule has 5 nitrogen and oxygen atoms in total. The summed E-state index contributed by atoms with van der Waals surface area (Å²) in [5.74, 6) is -1.01. The van der Waals surface area contributed by atoms with Gasteiger partial charge in [0.2, 0.25) is 0 Å². The van der Waals surface area contributed by atoms with Crippen LogP contribution in [0, 0.1) is 6.92 Å². The quantitative estimate of drug-likeness (QED) is 0.485. The van der Waals surface area contributed by atoms with Gasteiger partial charge in [-0.25, -0.2) is 4.79 Å². The number of aromatic nitrogens is 2. The molecule has 23 heavy (non-hydrogen) atoms. The van der Waals surface area contributed by atoms with E-state index < -0.39 is 17.7 Å². The summed E-state index contributed by atoms with van der Waals surface area (Å²) < 4.78 is 39.2. The maximum absolute atomic E-state index is 12.6. The number of rotatable bonds is 3. The predicted molar refractivity (Wildman–Crippen MR) is 77.4 cm³/mol. The molecule has 2 aromatic rings. The molecule has 0 radical (unpaired) electrons. The molecule has 122 valence electrons. The Bertz CT molecular complexity index is 769. The highest BCUT2D eigenvalue weighted by molar-refractivity contribution is 6.32. The zero-order chi connectivity index (χ0) is 17.2. The van der Waals surface area contributed by atoms with E-state index in [1.54, 1.807) is 14.0 Å². The summed E-state index contributed by atoms with van der Waals surface area (Å²) in [5, 5.41) is 7.78. The summed E-state index contributed by atoms with van der Waals surface area (Å²) in [5.41, 5.74) is -0.185. The van der Waals surface area contributed by atoms with E-state index >= 15 is 0 Å². The van der Waals surface area contributed by atoms with Crippen LogP contribution in [0.25, 0.3) is 0 Å². The normalized spacial score (nSPS) is 11.9. The molecule has 0 fully saturated rings. The minimum atomic E-state index is -4.54. The summed E-state index contributed by atoms with van der Waals surface area (Å²) >= 11 is 5.96. The van der Waals surface area contributed by atoms with Gasteiger partial charge in [-0.3, -0.25) is 4.68 Å². The van der Waals surface area contributed by atoms with Crippen molar-refractivity contribution in [2.24, 2.45) is 12.2 Å². The van der Waals surface area contributed by atoms with Crippen LogP contribution in [0.2, 0.25) is 5.15 Å². The lowest BCUT2D eigenvalue weighted by Gasteiger charge is -2.07. The fourth-order valence-electron chi connectivity index (χ4n) is 1.80. The summed E-state index contributed by atoms with van der Waals surface area (Å²) in [6, 6.07) is 3.87. The van der Waals surface area contributed by atoms with Gasteiger partial charge in [-0.1, -0.05) is 22.8 Å². The molecule has 0 N–H and O–H groups in total. The van der Waals surface area contributed by atoms with Gasteiger partial charge in [-0.2, -0.15) is 18.3 Å². The molecule has 0 saturated carbocycles. The number of alkyl halides is 3. The van der Waals surface area contributed by atoms with Crippen LogP contribution in [0.1, 0.15) is 27.2 Å². The average molecular weight is 346 g/mol. The molecule has 0 atom stereocenters. The van der Waals surface area contributed by atoms with Crippen molar-refractivity contribution in [1.29, 1.82) is 0 Å². The molecular formula is C14H11ClF3N3O2. The van der Waals surface area contributed by atoms with E-state index in [9.17, 15) is 18.0 Å². The Kier molecular flexibility index (Phi) is 4.74. The Hall–Kier alpha value is -2.35. The highest BCUT2D eigenvalue weighted by Crippen LogP contribution is 2.29. The van der Waals surface area contributed by atoms with Crippen LogP contribution in [0.15, 0.2) is 29.4 Å². The van der Waals surface area contributed by atoms with Crippen molar-refractivity contribution in [3.63, 3.8) is 0 Å². The van der Waals surface area contributed by atoms with E-state index in [-0.39, 0.29) is 5.56 Å².